The Kier molecular flexibility index (Phi) is 13.9. The SMILES string of the molecule is NCCCCC(N)C(=O)NC(CC(N)=O)C(=O)NC(Cc1ccc(O)cc1)C(=O)NC(CCC(=O)O)C(=O)O. The maximum atomic E-state index is 13.1. The molecule has 15 nitrogen and oxygen atoms in total. The molecule has 4 unspecified atom stereocenters. The summed E-state index contributed by atoms with van der Waals surface area (Å²) in [4.78, 5) is 72.6. The minimum absolute atomic E-state index is 0.0598. The lowest BCUT2D eigenvalue weighted by Crippen LogP contribution is -2.58. The number of unbranched alkanes of at least 4 members (excludes halogenated alkanes) is 1. The number of benzene rings is 1. The zero-order valence-corrected chi connectivity index (χ0v) is 21.3. The summed E-state index contributed by atoms with van der Waals surface area (Å²) < 4.78 is 0. The van der Waals surface area contributed by atoms with Gasteiger partial charge in [0.15, 0.2) is 0 Å². The number of amides is 4. The fourth-order valence-electron chi connectivity index (χ4n) is 3.48. The summed E-state index contributed by atoms with van der Waals surface area (Å²) >= 11 is 0. The van der Waals surface area contributed by atoms with Gasteiger partial charge in [-0.2, -0.15) is 0 Å². The Hall–Kier alpha value is -4.24. The molecule has 0 saturated heterocycles. The van der Waals surface area contributed by atoms with E-state index in [2.05, 4.69) is 16.0 Å². The number of carboxylic acids is 2. The summed E-state index contributed by atoms with van der Waals surface area (Å²) in [6.45, 7) is 0.407. The number of primary amides is 1. The van der Waals surface area contributed by atoms with E-state index in [1.807, 2.05) is 0 Å². The molecule has 1 aromatic carbocycles. The fraction of sp³-hybridized carbons (Fsp3) is 0.500. The molecule has 0 aliphatic heterocycles. The van der Waals surface area contributed by atoms with E-state index in [1.54, 1.807) is 0 Å². The molecule has 39 heavy (non-hydrogen) atoms. The van der Waals surface area contributed by atoms with Crippen LogP contribution < -0.4 is 33.2 Å². The second-order valence-electron chi connectivity index (χ2n) is 8.89. The molecule has 12 N–H and O–H groups in total. The molecule has 0 aromatic heterocycles. The molecule has 216 valence electrons. The molecule has 4 atom stereocenters. The highest BCUT2D eigenvalue weighted by atomic mass is 16.4. The second kappa shape index (κ2) is 16.6. The van der Waals surface area contributed by atoms with Gasteiger partial charge in [-0.15, -0.1) is 0 Å². The Morgan fingerprint density at radius 3 is 1.90 bits per heavy atom. The van der Waals surface area contributed by atoms with Gasteiger partial charge in [-0.3, -0.25) is 24.0 Å². The van der Waals surface area contributed by atoms with E-state index in [1.165, 1.54) is 24.3 Å². The molecule has 0 fully saturated rings. The molecule has 15 heteroatoms. The Morgan fingerprint density at radius 1 is 0.795 bits per heavy atom. The van der Waals surface area contributed by atoms with Gasteiger partial charge in [-0.05, 0) is 43.5 Å². The summed E-state index contributed by atoms with van der Waals surface area (Å²) in [5.74, 6) is -6.39. The average Bonchev–Trinajstić information content (AvgIpc) is 2.86. The minimum Gasteiger partial charge on any atom is -0.508 e. The molecule has 0 spiro atoms. The third kappa shape index (κ3) is 12.7. The van der Waals surface area contributed by atoms with Gasteiger partial charge in [0.1, 0.15) is 23.9 Å². The van der Waals surface area contributed by atoms with Crippen molar-refractivity contribution in [2.45, 2.75) is 69.1 Å². The predicted molar refractivity (Wildman–Crippen MR) is 137 cm³/mol. The van der Waals surface area contributed by atoms with Gasteiger partial charge in [0.05, 0.1) is 12.5 Å². The highest BCUT2D eigenvalue weighted by Crippen LogP contribution is 2.12. The molecule has 0 saturated carbocycles. The molecule has 0 aliphatic carbocycles. The van der Waals surface area contributed by atoms with Crippen molar-refractivity contribution in [3.63, 3.8) is 0 Å². The van der Waals surface area contributed by atoms with Crippen LogP contribution in [0.25, 0.3) is 0 Å². The maximum absolute atomic E-state index is 13.1. The first-order chi connectivity index (χ1) is 18.3. The summed E-state index contributed by atoms with van der Waals surface area (Å²) in [5, 5.41) is 34.7. The Balaban J connectivity index is 3.13. The molecule has 0 bridgehead atoms. The van der Waals surface area contributed by atoms with Crippen LogP contribution in [0.5, 0.6) is 5.75 Å². The van der Waals surface area contributed by atoms with Crippen molar-refractivity contribution in [2.24, 2.45) is 17.2 Å². The zero-order valence-electron chi connectivity index (χ0n) is 21.3. The van der Waals surface area contributed by atoms with E-state index in [0.717, 1.165) is 0 Å². The fourth-order valence-corrected chi connectivity index (χ4v) is 3.48. The van der Waals surface area contributed by atoms with Crippen LogP contribution in [-0.2, 0) is 35.2 Å². The lowest BCUT2D eigenvalue weighted by molar-refractivity contribution is -0.143. The maximum Gasteiger partial charge on any atom is 0.326 e. The average molecular weight is 553 g/mol. The molecule has 0 heterocycles. The Morgan fingerprint density at radius 2 is 1.36 bits per heavy atom. The van der Waals surface area contributed by atoms with Crippen molar-refractivity contribution in [3.8, 4) is 5.75 Å². The second-order valence-corrected chi connectivity index (χ2v) is 8.89. The lowest BCUT2D eigenvalue weighted by atomic mass is 10.0. The van der Waals surface area contributed by atoms with Crippen LogP contribution in [0.15, 0.2) is 24.3 Å². The van der Waals surface area contributed by atoms with Gasteiger partial charge in [0, 0.05) is 12.8 Å². The number of carbonyl (C=O) groups is 6. The number of aliphatic carboxylic acids is 2. The quantitative estimate of drug-likeness (QED) is 0.0871. The standard InChI is InChI=1S/C24H36N6O9/c25-10-2-1-3-15(26)21(35)29-18(12-19(27)32)23(37)30-17(11-13-4-6-14(31)7-5-13)22(36)28-16(24(38)39)8-9-20(33)34/h4-7,15-18,31H,1-3,8-12,25-26H2,(H2,27,32)(H,28,36)(H,29,35)(H,30,37)(H,33,34)(H,38,39). The third-order valence-electron chi connectivity index (χ3n) is 5.61. The highest BCUT2D eigenvalue weighted by molar-refractivity contribution is 5.96. The number of nitrogens with two attached hydrogens (primary N) is 3. The first kappa shape index (κ1) is 32.8. The van der Waals surface area contributed by atoms with Gasteiger partial charge < -0.3 is 48.5 Å². The number of hydrogen-bond donors (Lipinski definition) is 9. The predicted octanol–water partition coefficient (Wildman–Crippen LogP) is -2.33. The number of hydrogen-bond acceptors (Lipinski definition) is 9. The van der Waals surface area contributed by atoms with Crippen LogP contribution in [0.3, 0.4) is 0 Å². The van der Waals surface area contributed by atoms with Crippen LogP contribution in [0, 0.1) is 0 Å². The monoisotopic (exact) mass is 552 g/mol. The van der Waals surface area contributed by atoms with Crippen molar-refractivity contribution < 1.29 is 44.1 Å². The van der Waals surface area contributed by atoms with Crippen molar-refractivity contribution in [1.82, 2.24) is 16.0 Å². The van der Waals surface area contributed by atoms with E-state index >= 15 is 0 Å². The smallest absolute Gasteiger partial charge is 0.326 e. The lowest BCUT2D eigenvalue weighted by Gasteiger charge is -2.25. The number of nitrogens with one attached hydrogen (secondary N) is 3. The van der Waals surface area contributed by atoms with Gasteiger partial charge in [-0.1, -0.05) is 18.6 Å². The van der Waals surface area contributed by atoms with Crippen LogP contribution in [-0.4, -0.2) is 81.6 Å². The van der Waals surface area contributed by atoms with E-state index in [4.69, 9.17) is 22.3 Å². The summed E-state index contributed by atoms with van der Waals surface area (Å²) in [5.41, 5.74) is 17.0. The van der Waals surface area contributed by atoms with Crippen molar-refractivity contribution in [3.05, 3.63) is 29.8 Å². The van der Waals surface area contributed by atoms with Gasteiger partial charge in [0.25, 0.3) is 0 Å². The van der Waals surface area contributed by atoms with Crippen molar-refractivity contribution >= 4 is 35.6 Å². The van der Waals surface area contributed by atoms with Crippen LogP contribution >= 0.6 is 0 Å². The van der Waals surface area contributed by atoms with Crippen molar-refractivity contribution in [2.75, 3.05) is 6.54 Å². The number of carboxylic acid groups (broad SMARTS) is 2. The highest BCUT2D eigenvalue weighted by Gasteiger charge is 2.31. The summed E-state index contributed by atoms with van der Waals surface area (Å²) in [6, 6.07) is 0.116. The number of carbonyl (C=O) groups excluding carboxylic acids is 4. The number of phenolic OH excluding ortho intramolecular Hbond substituents is 1. The van der Waals surface area contributed by atoms with E-state index < -0.39 is 79.0 Å². The molecule has 1 aromatic rings. The molecule has 0 aliphatic rings. The van der Waals surface area contributed by atoms with Crippen LogP contribution in [0.1, 0.15) is 44.1 Å². The minimum atomic E-state index is -1.57. The molecular formula is C24H36N6O9. The number of rotatable bonds is 18. The topological polar surface area (TPSA) is 277 Å². The summed E-state index contributed by atoms with van der Waals surface area (Å²) in [6.07, 6.45) is -0.296. The first-order valence-corrected chi connectivity index (χ1v) is 12.2. The van der Waals surface area contributed by atoms with Gasteiger partial charge in [-0.25, -0.2) is 4.79 Å². The molecule has 0 radical (unpaired) electrons. The molecule has 4 amide bonds. The normalized spacial score (nSPS) is 13.8. The largest absolute Gasteiger partial charge is 0.508 e. The van der Waals surface area contributed by atoms with Crippen molar-refractivity contribution in [1.29, 1.82) is 0 Å². The van der Waals surface area contributed by atoms with Gasteiger partial charge >= 0.3 is 11.9 Å². The Bertz CT molecular complexity index is 1020. The summed E-state index contributed by atoms with van der Waals surface area (Å²) in [7, 11) is 0. The Labute approximate surface area is 224 Å². The van der Waals surface area contributed by atoms with E-state index in [-0.39, 0.29) is 18.6 Å². The van der Waals surface area contributed by atoms with E-state index in [9.17, 15) is 39.0 Å². The van der Waals surface area contributed by atoms with Gasteiger partial charge in [0.2, 0.25) is 23.6 Å². The first-order valence-electron chi connectivity index (χ1n) is 12.2. The molecule has 1 rings (SSSR count). The third-order valence-corrected chi connectivity index (χ3v) is 5.61. The zero-order chi connectivity index (χ0) is 29.5. The van der Waals surface area contributed by atoms with Crippen LogP contribution in [0.2, 0.25) is 0 Å². The van der Waals surface area contributed by atoms with Crippen LogP contribution in [0.4, 0.5) is 0 Å². The van der Waals surface area contributed by atoms with E-state index in [0.29, 0.717) is 24.9 Å². The number of phenols is 1. The number of aromatic hydroxyl groups is 1. The molecular weight excluding hydrogens is 516 g/mol.